The van der Waals surface area contributed by atoms with E-state index in [2.05, 4.69) is 42.9 Å². The molecule has 1 aliphatic rings. The van der Waals surface area contributed by atoms with Gasteiger partial charge in [0.15, 0.2) is 0 Å². The van der Waals surface area contributed by atoms with E-state index >= 15 is 0 Å². The molecular formula is C20H29NO3. The fourth-order valence-corrected chi connectivity index (χ4v) is 3.15. The number of aryl methyl sites for hydroxylation is 2. The summed E-state index contributed by atoms with van der Waals surface area (Å²) in [6.07, 6.45) is 7.09. The zero-order valence-corrected chi connectivity index (χ0v) is 14.8. The van der Waals surface area contributed by atoms with Crippen LogP contribution in [0.3, 0.4) is 0 Å². The van der Waals surface area contributed by atoms with Crippen LogP contribution in [-0.4, -0.2) is 55.1 Å². The van der Waals surface area contributed by atoms with Gasteiger partial charge >= 0.3 is 0 Å². The predicted molar refractivity (Wildman–Crippen MR) is 95.8 cm³/mol. The number of hydrogen-bond donors (Lipinski definition) is 1. The second-order valence-corrected chi connectivity index (χ2v) is 6.63. The van der Waals surface area contributed by atoms with Crippen LogP contribution in [0.4, 0.5) is 0 Å². The van der Waals surface area contributed by atoms with E-state index < -0.39 is 6.10 Å². The van der Waals surface area contributed by atoms with E-state index in [4.69, 9.17) is 15.9 Å². The average molecular weight is 331 g/mol. The Labute approximate surface area is 145 Å². The van der Waals surface area contributed by atoms with E-state index in [1.54, 1.807) is 0 Å². The standard InChI is InChI=1S/C20H29NO3/c1-4-9-23-15-19(22)13-21(14-20-6-5-10-24-20)12-18-8-7-16(2)11-17(18)3/h1,7-8,11,19-20,22H,5-6,9-10,12-15H2,2-3H3/t19-,20+/m0/s1. The number of hydrogen-bond acceptors (Lipinski definition) is 4. The minimum Gasteiger partial charge on any atom is -0.389 e. The van der Waals surface area contributed by atoms with Crippen molar-refractivity contribution in [1.82, 2.24) is 4.90 Å². The third-order valence-electron chi connectivity index (χ3n) is 4.34. The Kier molecular flexibility index (Phi) is 7.74. The van der Waals surface area contributed by atoms with E-state index in [0.717, 1.165) is 32.5 Å². The van der Waals surface area contributed by atoms with Gasteiger partial charge in [-0.1, -0.05) is 29.7 Å². The van der Waals surface area contributed by atoms with Crippen LogP contribution in [0.1, 0.15) is 29.5 Å². The van der Waals surface area contributed by atoms with Crippen LogP contribution in [0.25, 0.3) is 0 Å². The molecule has 0 amide bonds. The number of ether oxygens (including phenoxy) is 2. The molecule has 0 spiro atoms. The number of aliphatic hydroxyl groups is 1. The van der Waals surface area contributed by atoms with Crippen LogP contribution < -0.4 is 0 Å². The van der Waals surface area contributed by atoms with Crippen LogP contribution >= 0.6 is 0 Å². The Morgan fingerprint density at radius 3 is 2.96 bits per heavy atom. The Bertz CT molecular complexity index is 546. The van der Waals surface area contributed by atoms with E-state index in [1.165, 1.54) is 16.7 Å². The number of benzene rings is 1. The largest absolute Gasteiger partial charge is 0.389 e. The first-order valence-electron chi connectivity index (χ1n) is 8.68. The predicted octanol–water partition coefficient (Wildman–Crippen LogP) is 2.30. The van der Waals surface area contributed by atoms with Gasteiger partial charge in [-0.3, -0.25) is 4.90 Å². The summed E-state index contributed by atoms with van der Waals surface area (Å²) in [5, 5.41) is 10.2. The molecule has 0 radical (unpaired) electrons. The number of rotatable bonds is 9. The molecule has 0 saturated carbocycles. The van der Waals surface area contributed by atoms with Gasteiger partial charge in [-0.25, -0.2) is 0 Å². The molecule has 1 heterocycles. The van der Waals surface area contributed by atoms with Gasteiger partial charge in [-0.15, -0.1) is 6.42 Å². The normalized spacial score (nSPS) is 18.7. The van der Waals surface area contributed by atoms with Crippen LogP contribution in [0.5, 0.6) is 0 Å². The molecule has 1 fully saturated rings. The lowest BCUT2D eigenvalue weighted by Gasteiger charge is -2.28. The number of terminal acetylenes is 1. The average Bonchev–Trinajstić information content (AvgIpc) is 3.03. The maximum Gasteiger partial charge on any atom is 0.107 e. The van der Waals surface area contributed by atoms with E-state index in [0.29, 0.717) is 6.54 Å². The Balaban J connectivity index is 1.97. The molecule has 1 aromatic carbocycles. The van der Waals surface area contributed by atoms with Crippen LogP contribution in [0.15, 0.2) is 18.2 Å². The van der Waals surface area contributed by atoms with Gasteiger partial charge in [-0.2, -0.15) is 0 Å². The maximum absolute atomic E-state index is 10.2. The van der Waals surface area contributed by atoms with Crippen LogP contribution in [-0.2, 0) is 16.0 Å². The molecule has 0 aliphatic carbocycles. The van der Waals surface area contributed by atoms with Crippen molar-refractivity contribution in [2.75, 3.05) is 32.9 Å². The van der Waals surface area contributed by atoms with E-state index in [-0.39, 0.29) is 19.3 Å². The topological polar surface area (TPSA) is 41.9 Å². The van der Waals surface area contributed by atoms with Crippen molar-refractivity contribution in [3.8, 4) is 12.3 Å². The molecule has 0 aromatic heterocycles. The molecule has 2 rings (SSSR count). The molecule has 4 heteroatoms. The van der Waals surface area contributed by atoms with Crippen molar-refractivity contribution in [3.63, 3.8) is 0 Å². The Morgan fingerprint density at radius 2 is 2.29 bits per heavy atom. The SMILES string of the molecule is C#CCOC[C@@H](O)CN(Cc1ccc(C)cc1C)C[C@H]1CCCO1. The lowest BCUT2D eigenvalue weighted by atomic mass is 10.0. The lowest BCUT2D eigenvalue weighted by Crippen LogP contribution is -2.39. The van der Waals surface area contributed by atoms with Crippen molar-refractivity contribution in [1.29, 1.82) is 0 Å². The molecule has 1 aromatic rings. The van der Waals surface area contributed by atoms with Crippen molar-refractivity contribution in [2.45, 2.75) is 45.4 Å². The van der Waals surface area contributed by atoms with Gasteiger partial charge in [0.2, 0.25) is 0 Å². The van der Waals surface area contributed by atoms with Crippen molar-refractivity contribution in [2.24, 2.45) is 0 Å². The molecule has 2 atom stereocenters. The minimum absolute atomic E-state index is 0.236. The zero-order chi connectivity index (χ0) is 17.4. The zero-order valence-electron chi connectivity index (χ0n) is 14.8. The summed E-state index contributed by atoms with van der Waals surface area (Å²) in [6, 6.07) is 6.51. The van der Waals surface area contributed by atoms with Crippen LogP contribution in [0, 0.1) is 26.2 Å². The highest BCUT2D eigenvalue weighted by Crippen LogP contribution is 2.17. The smallest absolute Gasteiger partial charge is 0.107 e. The summed E-state index contributed by atoms with van der Waals surface area (Å²) in [6.45, 7) is 7.77. The third-order valence-corrected chi connectivity index (χ3v) is 4.34. The summed E-state index contributed by atoms with van der Waals surface area (Å²) < 4.78 is 11.0. The molecule has 132 valence electrons. The first-order chi connectivity index (χ1) is 11.6. The number of nitrogens with zero attached hydrogens (tertiary/aromatic N) is 1. The van der Waals surface area contributed by atoms with Gasteiger partial charge in [-0.05, 0) is 37.8 Å². The molecule has 1 N–H and O–H groups in total. The molecule has 0 unspecified atom stereocenters. The van der Waals surface area contributed by atoms with Crippen molar-refractivity contribution >= 4 is 0 Å². The molecule has 0 bridgehead atoms. The van der Waals surface area contributed by atoms with Gasteiger partial charge in [0.05, 0.1) is 18.8 Å². The van der Waals surface area contributed by atoms with Gasteiger partial charge in [0, 0.05) is 26.2 Å². The summed E-state index contributed by atoms with van der Waals surface area (Å²) >= 11 is 0. The first kappa shape index (κ1) is 19.0. The summed E-state index contributed by atoms with van der Waals surface area (Å²) in [5.74, 6) is 2.42. The highest BCUT2D eigenvalue weighted by atomic mass is 16.5. The molecule has 1 saturated heterocycles. The molecule has 24 heavy (non-hydrogen) atoms. The maximum atomic E-state index is 10.2. The molecule has 4 nitrogen and oxygen atoms in total. The van der Waals surface area contributed by atoms with Crippen molar-refractivity contribution < 1.29 is 14.6 Å². The molecule has 1 aliphatic heterocycles. The monoisotopic (exact) mass is 331 g/mol. The molecular weight excluding hydrogens is 302 g/mol. The second kappa shape index (κ2) is 9.80. The fourth-order valence-electron chi connectivity index (χ4n) is 3.15. The first-order valence-corrected chi connectivity index (χ1v) is 8.68. The van der Waals surface area contributed by atoms with Gasteiger partial charge in [0.1, 0.15) is 6.61 Å². The summed E-state index contributed by atoms with van der Waals surface area (Å²) in [7, 11) is 0. The van der Waals surface area contributed by atoms with Crippen molar-refractivity contribution in [3.05, 3.63) is 34.9 Å². The Morgan fingerprint density at radius 1 is 1.46 bits per heavy atom. The third kappa shape index (κ3) is 6.26. The van der Waals surface area contributed by atoms with E-state index in [1.807, 2.05) is 0 Å². The minimum atomic E-state index is -0.550. The summed E-state index contributed by atoms with van der Waals surface area (Å²) in [5.41, 5.74) is 3.84. The van der Waals surface area contributed by atoms with Gasteiger partial charge < -0.3 is 14.6 Å². The van der Waals surface area contributed by atoms with Crippen LogP contribution in [0.2, 0.25) is 0 Å². The summed E-state index contributed by atoms with van der Waals surface area (Å²) in [4.78, 5) is 2.26. The van der Waals surface area contributed by atoms with E-state index in [9.17, 15) is 5.11 Å². The number of aliphatic hydroxyl groups excluding tert-OH is 1. The van der Waals surface area contributed by atoms with Gasteiger partial charge in [0.25, 0.3) is 0 Å². The fraction of sp³-hybridized carbons (Fsp3) is 0.600. The highest BCUT2D eigenvalue weighted by Gasteiger charge is 2.21. The Hall–Kier alpha value is -1.38. The quantitative estimate of drug-likeness (QED) is 0.557. The lowest BCUT2D eigenvalue weighted by molar-refractivity contribution is 0.00950. The second-order valence-electron chi connectivity index (χ2n) is 6.63. The highest BCUT2D eigenvalue weighted by molar-refractivity contribution is 5.30.